The molecule has 24 heavy (non-hydrogen) atoms. The second-order valence-electron chi connectivity index (χ2n) is 4.73. The van der Waals surface area contributed by atoms with Crippen LogP contribution in [0.2, 0.25) is 0 Å². The van der Waals surface area contributed by atoms with Crippen LogP contribution in [0.15, 0.2) is 36.5 Å². The number of rotatable bonds is 6. The number of amides is 2. The van der Waals surface area contributed by atoms with Crippen LogP contribution in [-0.4, -0.2) is 37.1 Å². The van der Waals surface area contributed by atoms with Gasteiger partial charge in [-0.15, -0.1) is 0 Å². The average Bonchev–Trinajstić information content (AvgIpc) is 2.58. The van der Waals surface area contributed by atoms with Crippen LogP contribution >= 0.6 is 0 Å². The molecule has 0 aliphatic carbocycles. The normalized spacial score (nSPS) is 10.3. The third-order valence-corrected chi connectivity index (χ3v) is 3.05. The highest BCUT2D eigenvalue weighted by Crippen LogP contribution is 2.18. The van der Waals surface area contributed by atoms with Crippen LogP contribution in [0.5, 0.6) is 0 Å². The minimum absolute atomic E-state index is 0.142. The molecular formula is C16H15F2N3O3. The minimum atomic E-state index is -0.906. The molecule has 0 radical (unpaired) electrons. The second kappa shape index (κ2) is 8.11. The molecular weight excluding hydrogens is 320 g/mol. The van der Waals surface area contributed by atoms with E-state index in [1.807, 2.05) is 0 Å². The summed E-state index contributed by atoms with van der Waals surface area (Å²) in [5.41, 5.74) is -0.517. The van der Waals surface area contributed by atoms with Crippen LogP contribution in [0, 0.1) is 11.6 Å². The first kappa shape index (κ1) is 17.5. The molecule has 2 amide bonds. The molecule has 0 saturated carbocycles. The Labute approximate surface area is 136 Å². The van der Waals surface area contributed by atoms with Gasteiger partial charge in [-0.25, -0.2) is 8.78 Å². The van der Waals surface area contributed by atoms with Gasteiger partial charge in [0.05, 0.1) is 6.61 Å². The maximum absolute atomic E-state index is 13.6. The first-order valence-electron chi connectivity index (χ1n) is 7.01. The number of para-hydroxylation sites is 1. The molecule has 0 unspecified atom stereocenters. The van der Waals surface area contributed by atoms with Crippen LogP contribution in [0.3, 0.4) is 0 Å². The molecule has 8 heteroatoms. The van der Waals surface area contributed by atoms with Crippen molar-refractivity contribution in [3.63, 3.8) is 0 Å². The van der Waals surface area contributed by atoms with Gasteiger partial charge in [0.1, 0.15) is 23.0 Å². The number of carbonyl (C=O) groups excluding carboxylic acids is 2. The van der Waals surface area contributed by atoms with Crippen molar-refractivity contribution in [1.29, 1.82) is 0 Å². The van der Waals surface area contributed by atoms with Crippen molar-refractivity contribution >= 4 is 17.5 Å². The van der Waals surface area contributed by atoms with Crippen molar-refractivity contribution in [3.8, 4) is 0 Å². The van der Waals surface area contributed by atoms with Gasteiger partial charge in [-0.1, -0.05) is 6.07 Å². The molecule has 0 saturated heterocycles. The third kappa shape index (κ3) is 4.32. The van der Waals surface area contributed by atoms with Crippen LogP contribution in [0.25, 0.3) is 0 Å². The van der Waals surface area contributed by atoms with E-state index in [0.717, 1.165) is 12.1 Å². The number of pyridine rings is 1. The quantitative estimate of drug-likeness (QED) is 0.791. The van der Waals surface area contributed by atoms with Gasteiger partial charge in [0.25, 0.3) is 11.8 Å². The lowest BCUT2D eigenvalue weighted by Crippen LogP contribution is -2.27. The molecule has 2 aromatic rings. The topological polar surface area (TPSA) is 80.3 Å². The fourth-order valence-corrected chi connectivity index (χ4v) is 1.86. The molecule has 1 aromatic heterocycles. The van der Waals surface area contributed by atoms with Gasteiger partial charge in [-0.3, -0.25) is 14.6 Å². The number of benzene rings is 1. The summed E-state index contributed by atoms with van der Waals surface area (Å²) in [5, 5.41) is 4.70. The standard InChI is InChI=1S/C16H15F2N3O3/c1-24-8-7-20-15(22)10-5-6-19-13(9-10)16(23)21-14-11(17)3-2-4-12(14)18/h2-6,9H,7-8H2,1H3,(H,20,22)(H,21,23). The van der Waals surface area contributed by atoms with Gasteiger partial charge in [-0.2, -0.15) is 0 Å². The fraction of sp³-hybridized carbons (Fsp3) is 0.188. The van der Waals surface area contributed by atoms with Crippen molar-refractivity contribution in [1.82, 2.24) is 10.3 Å². The first-order chi connectivity index (χ1) is 11.5. The van der Waals surface area contributed by atoms with Crippen molar-refractivity contribution < 1.29 is 23.1 Å². The Morgan fingerprint density at radius 1 is 1.17 bits per heavy atom. The van der Waals surface area contributed by atoms with E-state index in [1.54, 1.807) is 0 Å². The number of anilines is 1. The summed E-state index contributed by atoms with van der Waals surface area (Å²) in [5.74, 6) is -3.06. The third-order valence-electron chi connectivity index (χ3n) is 3.05. The smallest absolute Gasteiger partial charge is 0.274 e. The zero-order valence-corrected chi connectivity index (χ0v) is 12.8. The zero-order valence-electron chi connectivity index (χ0n) is 12.8. The van der Waals surface area contributed by atoms with E-state index < -0.39 is 29.1 Å². The summed E-state index contributed by atoms with van der Waals surface area (Å²) < 4.78 is 31.9. The number of ether oxygens (including phenoxy) is 1. The molecule has 2 rings (SSSR count). The zero-order chi connectivity index (χ0) is 17.5. The van der Waals surface area contributed by atoms with Gasteiger partial charge in [0.2, 0.25) is 0 Å². The lowest BCUT2D eigenvalue weighted by Gasteiger charge is -2.08. The number of nitrogens with one attached hydrogen (secondary N) is 2. The Morgan fingerprint density at radius 3 is 2.54 bits per heavy atom. The number of hydrogen-bond acceptors (Lipinski definition) is 4. The first-order valence-corrected chi connectivity index (χ1v) is 7.01. The number of hydrogen-bond donors (Lipinski definition) is 2. The van der Waals surface area contributed by atoms with E-state index in [0.29, 0.717) is 13.2 Å². The van der Waals surface area contributed by atoms with Gasteiger partial charge in [-0.05, 0) is 24.3 Å². The van der Waals surface area contributed by atoms with E-state index >= 15 is 0 Å². The highest BCUT2D eigenvalue weighted by Gasteiger charge is 2.16. The molecule has 0 spiro atoms. The molecule has 0 atom stereocenters. The minimum Gasteiger partial charge on any atom is -0.383 e. The maximum atomic E-state index is 13.6. The van der Waals surface area contributed by atoms with Crippen molar-refractivity contribution in [2.75, 3.05) is 25.6 Å². The van der Waals surface area contributed by atoms with Crippen molar-refractivity contribution in [2.45, 2.75) is 0 Å². The molecule has 2 N–H and O–H groups in total. The lowest BCUT2D eigenvalue weighted by molar-refractivity contribution is 0.0937. The Kier molecular flexibility index (Phi) is 5.91. The maximum Gasteiger partial charge on any atom is 0.274 e. The Hall–Kier alpha value is -2.87. The summed E-state index contributed by atoms with van der Waals surface area (Å²) in [6.07, 6.45) is 1.26. The van der Waals surface area contributed by atoms with E-state index in [2.05, 4.69) is 15.6 Å². The largest absolute Gasteiger partial charge is 0.383 e. The van der Waals surface area contributed by atoms with Crippen LogP contribution < -0.4 is 10.6 Å². The van der Waals surface area contributed by atoms with Gasteiger partial charge >= 0.3 is 0 Å². The molecule has 1 heterocycles. The average molecular weight is 335 g/mol. The Bertz CT molecular complexity index is 733. The summed E-state index contributed by atoms with van der Waals surface area (Å²) >= 11 is 0. The van der Waals surface area contributed by atoms with Crippen molar-refractivity contribution in [2.24, 2.45) is 0 Å². The highest BCUT2D eigenvalue weighted by atomic mass is 19.1. The van der Waals surface area contributed by atoms with E-state index in [-0.39, 0.29) is 11.3 Å². The lowest BCUT2D eigenvalue weighted by atomic mass is 10.2. The monoisotopic (exact) mass is 335 g/mol. The number of aromatic nitrogens is 1. The van der Waals surface area contributed by atoms with Gasteiger partial charge < -0.3 is 15.4 Å². The summed E-state index contributed by atoms with van der Waals surface area (Å²) in [7, 11) is 1.50. The molecule has 0 bridgehead atoms. The van der Waals surface area contributed by atoms with Crippen LogP contribution in [0.1, 0.15) is 20.8 Å². The van der Waals surface area contributed by atoms with Gasteiger partial charge in [0, 0.05) is 25.4 Å². The molecule has 126 valence electrons. The number of nitrogens with zero attached hydrogens (tertiary/aromatic N) is 1. The highest BCUT2D eigenvalue weighted by molar-refractivity contribution is 6.04. The van der Waals surface area contributed by atoms with Crippen LogP contribution in [0.4, 0.5) is 14.5 Å². The van der Waals surface area contributed by atoms with E-state index in [4.69, 9.17) is 4.74 Å². The Morgan fingerprint density at radius 2 is 1.88 bits per heavy atom. The summed E-state index contributed by atoms with van der Waals surface area (Å²) in [6.45, 7) is 0.649. The van der Waals surface area contributed by atoms with Gasteiger partial charge in [0.15, 0.2) is 0 Å². The molecule has 0 aliphatic heterocycles. The Balaban J connectivity index is 2.13. The summed E-state index contributed by atoms with van der Waals surface area (Å²) in [4.78, 5) is 27.8. The second-order valence-corrected chi connectivity index (χ2v) is 4.73. The molecule has 6 nitrogen and oxygen atoms in total. The predicted molar refractivity (Wildman–Crippen MR) is 82.8 cm³/mol. The molecule has 1 aromatic carbocycles. The summed E-state index contributed by atoms with van der Waals surface area (Å²) in [6, 6.07) is 5.87. The molecule has 0 aliphatic rings. The SMILES string of the molecule is COCCNC(=O)c1ccnc(C(=O)Nc2c(F)cccc2F)c1. The van der Waals surface area contributed by atoms with E-state index in [1.165, 1.54) is 31.5 Å². The molecule has 0 fully saturated rings. The van der Waals surface area contributed by atoms with Crippen molar-refractivity contribution in [3.05, 3.63) is 59.4 Å². The van der Waals surface area contributed by atoms with E-state index in [9.17, 15) is 18.4 Å². The fourth-order valence-electron chi connectivity index (χ4n) is 1.86. The van der Waals surface area contributed by atoms with Crippen LogP contribution in [-0.2, 0) is 4.74 Å². The number of methoxy groups -OCH3 is 1. The number of carbonyl (C=O) groups is 2. The number of halogens is 2. The predicted octanol–water partition coefficient (Wildman–Crippen LogP) is 1.99.